The molecule has 0 bridgehead atoms. The number of fused-ring (bicyclic) bond motifs is 1. The predicted octanol–water partition coefficient (Wildman–Crippen LogP) is 2.62. The highest BCUT2D eigenvalue weighted by atomic mass is 32.2. The lowest BCUT2D eigenvalue weighted by atomic mass is 10.1. The smallest absolute Gasteiger partial charge is 0.332 e. The number of benzene rings is 2. The fraction of sp³-hybridized carbons (Fsp3) is 0.250. The molecule has 1 atom stereocenters. The van der Waals surface area contributed by atoms with Crippen LogP contribution in [0.1, 0.15) is 22.8 Å². The first-order valence-electron chi connectivity index (χ1n) is 10.5. The number of anilines is 1. The van der Waals surface area contributed by atoms with E-state index in [2.05, 4.69) is 16.7 Å². The summed E-state index contributed by atoms with van der Waals surface area (Å²) in [4.78, 5) is 42.7. The molecule has 0 amide bonds. The molecule has 2 N–H and O–H groups in total. The number of hydrogen-bond donors (Lipinski definition) is 1. The molecule has 0 aliphatic heterocycles. The Morgan fingerprint density at radius 3 is 2.42 bits per heavy atom. The van der Waals surface area contributed by atoms with Gasteiger partial charge in [-0.3, -0.25) is 18.7 Å². The molecule has 1 unspecified atom stereocenters. The van der Waals surface area contributed by atoms with E-state index in [4.69, 9.17) is 10.7 Å². The second-order valence-electron chi connectivity index (χ2n) is 7.86. The first-order chi connectivity index (χ1) is 15.8. The molecular weight excluding hydrogens is 438 g/mol. The van der Waals surface area contributed by atoms with Crippen LogP contribution in [0, 0.1) is 0 Å². The molecule has 0 fully saturated rings. The van der Waals surface area contributed by atoms with Crippen LogP contribution in [0.5, 0.6) is 0 Å². The quantitative estimate of drug-likeness (QED) is 0.334. The second kappa shape index (κ2) is 9.11. The number of hydrogen-bond acceptors (Lipinski definition) is 6. The number of aromatic nitrogens is 4. The largest absolute Gasteiger partial charge is 0.384 e. The normalized spacial score (nSPS) is 12.2. The number of Topliss-reactive ketones (excluding diaryl/α,β-unsaturated/α-hetero) is 1. The van der Waals surface area contributed by atoms with Crippen LogP contribution in [0.4, 0.5) is 5.82 Å². The lowest BCUT2D eigenvalue weighted by molar-refractivity contribution is 0.0992. The maximum absolute atomic E-state index is 13.2. The number of nitrogens with zero attached hydrogens (tertiary/aromatic N) is 4. The van der Waals surface area contributed by atoms with Crippen molar-refractivity contribution in [2.45, 2.75) is 30.3 Å². The highest BCUT2D eigenvalue weighted by Gasteiger charge is 2.27. The molecule has 9 heteroatoms. The summed E-state index contributed by atoms with van der Waals surface area (Å²) in [7, 11) is 2.77. The van der Waals surface area contributed by atoms with E-state index in [0.29, 0.717) is 11.7 Å². The van der Waals surface area contributed by atoms with Crippen molar-refractivity contribution in [3.05, 3.63) is 86.6 Å². The van der Waals surface area contributed by atoms with Crippen LogP contribution < -0.4 is 17.0 Å². The maximum Gasteiger partial charge on any atom is 0.332 e. The van der Waals surface area contributed by atoms with Gasteiger partial charge in [-0.15, -0.1) is 0 Å². The van der Waals surface area contributed by atoms with Gasteiger partial charge in [-0.25, -0.2) is 9.78 Å². The Morgan fingerprint density at radius 1 is 1.03 bits per heavy atom. The first-order valence-corrected chi connectivity index (χ1v) is 11.4. The van der Waals surface area contributed by atoms with Gasteiger partial charge in [0.15, 0.2) is 10.9 Å². The van der Waals surface area contributed by atoms with Gasteiger partial charge in [0.2, 0.25) is 0 Å². The summed E-state index contributed by atoms with van der Waals surface area (Å²) in [5, 5.41) is 0.0537. The SMILES string of the molecule is CC(Sc1nc2ccccc2n1CCc1ccccc1)C(=O)c1c(N)n(C)c(=O)n(C)c1=O. The Labute approximate surface area is 194 Å². The van der Waals surface area contributed by atoms with Crippen LogP contribution in [-0.4, -0.2) is 29.7 Å². The van der Waals surface area contributed by atoms with E-state index in [1.54, 1.807) is 6.92 Å². The third-order valence-electron chi connectivity index (χ3n) is 5.69. The lowest BCUT2D eigenvalue weighted by Gasteiger charge is -2.15. The van der Waals surface area contributed by atoms with Crippen molar-refractivity contribution >= 4 is 34.4 Å². The molecule has 2 heterocycles. The van der Waals surface area contributed by atoms with Crippen molar-refractivity contribution in [1.82, 2.24) is 18.7 Å². The summed E-state index contributed by atoms with van der Waals surface area (Å²) in [6.07, 6.45) is 0.811. The monoisotopic (exact) mass is 463 g/mol. The second-order valence-corrected chi connectivity index (χ2v) is 9.17. The van der Waals surface area contributed by atoms with E-state index in [9.17, 15) is 14.4 Å². The zero-order chi connectivity index (χ0) is 23.7. The Balaban J connectivity index is 1.67. The number of carbonyl (C=O) groups excluding carboxylic acids is 1. The molecule has 4 rings (SSSR count). The van der Waals surface area contributed by atoms with Gasteiger partial charge in [0.25, 0.3) is 5.56 Å². The third kappa shape index (κ3) is 4.23. The molecule has 33 heavy (non-hydrogen) atoms. The molecule has 8 nitrogen and oxygen atoms in total. The number of nitrogen functional groups attached to an aromatic ring is 1. The minimum atomic E-state index is -0.689. The van der Waals surface area contributed by atoms with Crippen molar-refractivity contribution in [2.75, 3.05) is 5.73 Å². The van der Waals surface area contributed by atoms with Crippen molar-refractivity contribution in [3.8, 4) is 0 Å². The minimum Gasteiger partial charge on any atom is -0.384 e. The molecule has 0 aliphatic rings. The van der Waals surface area contributed by atoms with E-state index < -0.39 is 22.3 Å². The number of rotatable bonds is 7. The standard InChI is InChI=1S/C24H25N5O3S/c1-15(20(30)19-21(25)27(2)24(32)28(3)22(19)31)33-23-26-17-11-7-8-12-18(17)29(23)14-13-16-9-5-4-6-10-16/h4-12,15H,13-14,25H2,1-3H3. The van der Waals surface area contributed by atoms with Gasteiger partial charge in [0.1, 0.15) is 11.4 Å². The number of imidazole rings is 1. The Bertz CT molecular complexity index is 1450. The first kappa shape index (κ1) is 22.6. The molecule has 170 valence electrons. The van der Waals surface area contributed by atoms with Crippen LogP contribution >= 0.6 is 11.8 Å². The average Bonchev–Trinajstić information content (AvgIpc) is 3.17. The predicted molar refractivity (Wildman–Crippen MR) is 131 cm³/mol. The van der Waals surface area contributed by atoms with Gasteiger partial charge >= 0.3 is 5.69 Å². The molecule has 2 aromatic carbocycles. The number of aryl methyl sites for hydroxylation is 2. The van der Waals surface area contributed by atoms with Crippen LogP contribution in [-0.2, 0) is 27.1 Å². The van der Waals surface area contributed by atoms with Crippen LogP contribution in [0.3, 0.4) is 0 Å². The van der Waals surface area contributed by atoms with Crippen LogP contribution in [0.2, 0.25) is 0 Å². The summed E-state index contributed by atoms with van der Waals surface area (Å²) < 4.78 is 4.11. The van der Waals surface area contributed by atoms with Gasteiger partial charge in [-0.2, -0.15) is 0 Å². The van der Waals surface area contributed by atoms with Crippen molar-refractivity contribution in [1.29, 1.82) is 0 Å². The van der Waals surface area contributed by atoms with E-state index in [1.165, 1.54) is 31.4 Å². The van der Waals surface area contributed by atoms with Gasteiger partial charge in [-0.1, -0.05) is 54.2 Å². The van der Waals surface area contributed by atoms with E-state index in [0.717, 1.165) is 26.6 Å². The van der Waals surface area contributed by atoms with Crippen molar-refractivity contribution in [2.24, 2.45) is 14.1 Å². The Kier molecular flexibility index (Phi) is 6.24. The summed E-state index contributed by atoms with van der Waals surface area (Å²) in [5.74, 6) is -0.562. The summed E-state index contributed by atoms with van der Waals surface area (Å²) in [6.45, 7) is 2.41. The van der Waals surface area contributed by atoms with E-state index in [-0.39, 0.29) is 11.4 Å². The molecule has 0 saturated heterocycles. The third-order valence-corrected chi connectivity index (χ3v) is 6.78. The van der Waals surface area contributed by atoms with Crippen LogP contribution in [0.25, 0.3) is 11.0 Å². The minimum absolute atomic E-state index is 0.127. The summed E-state index contributed by atoms with van der Waals surface area (Å²) in [5.41, 5.74) is 7.57. The number of para-hydroxylation sites is 2. The number of carbonyl (C=O) groups is 1. The Morgan fingerprint density at radius 2 is 1.70 bits per heavy atom. The van der Waals surface area contributed by atoms with Crippen molar-refractivity contribution in [3.63, 3.8) is 0 Å². The highest BCUT2D eigenvalue weighted by Crippen LogP contribution is 2.29. The summed E-state index contributed by atoms with van der Waals surface area (Å²) in [6, 6.07) is 18.0. The lowest BCUT2D eigenvalue weighted by Crippen LogP contribution is -2.42. The van der Waals surface area contributed by atoms with Gasteiger partial charge < -0.3 is 10.3 Å². The van der Waals surface area contributed by atoms with Gasteiger partial charge in [0.05, 0.1) is 16.3 Å². The fourth-order valence-electron chi connectivity index (χ4n) is 3.75. The summed E-state index contributed by atoms with van der Waals surface area (Å²) >= 11 is 1.28. The van der Waals surface area contributed by atoms with E-state index >= 15 is 0 Å². The molecular formula is C24H25N5O3S. The number of ketones is 1. The van der Waals surface area contributed by atoms with Crippen molar-refractivity contribution < 1.29 is 4.79 Å². The molecule has 0 spiro atoms. The topological polar surface area (TPSA) is 105 Å². The zero-order valence-electron chi connectivity index (χ0n) is 18.7. The number of nitrogens with two attached hydrogens (primary N) is 1. The average molecular weight is 464 g/mol. The highest BCUT2D eigenvalue weighted by molar-refractivity contribution is 8.00. The van der Waals surface area contributed by atoms with Crippen LogP contribution in [0.15, 0.2) is 69.3 Å². The fourth-order valence-corrected chi connectivity index (χ4v) is 4.76. The van der Waals surface area contributed by atoms with Gasteiger partial charge in [-0.05, 0) is 31.0 Å². The Hall–Kier alpha value is -3.59. The molecule has 4 aromatic rings. The molecule has 2 aromatic heterocycles. The number of thioether (sulfide) groups is 1. The zero-order valence-corrected chi connectivity index (χ0v) is 19.5. The molecule has 0 saturated carbocycles. The molecule has 0 radical (unpaired) electrons. The molecule has 0 aliphatic carbocycles. The van der Waals surface area contributed by atoms with Gasteiger partial charge in [0, 0.05) is 20.6 Å². The maximum atomic E-state index is 13.2. The van der Waals surface area contributed by atoms with E-state index in [1.807, 2.05) is 42.5 Å².